The average Bonchev–Trinajstić information content (AvgIpc) is 3.07. The number of nitrogens with one attached hydrogen (secondary N) is 1. The van der Waals surface area contributed by atoms with Gasteiger partial charge in [0.25, 0.3) is 0 Å². The van der Waals surface area contributed by atoms with Crippen molar-refractivity contribution in [2.75, 3.05) is 7.11 Å². The first-order chi connectivity index (χ1) is 13.3. The van der Waals surface area contributed by atoms with E-state index in [0.29, 0.717) is 0 Å². The van der Waals surface area contributed by atoms with Crippen molar-refractivity contribution in [2.45, 2.75) is 13.5 Å². The van der Waals surface area contributed by atoms with Crippen LogP contribution in [-0.2, 0) is 6.54 Å². The van der Waals surface area contributed by atoms with Crippen molar-refractivity contribution in [3.05, 3.63) is 78.4 Å². The minimum absolute atomic E-state index is 0.827. The number of hydrogen-bond donors (Lipinski definition) is 1. The van der Waals surface area contributed by atoms with Crippen molar-refractivity contribution in [3.8, 4) is 28.1 Å². The molecule has 0 aliphatic carbocycles. The van der Waals surface area contributed by atoms with Crippen LogP contribution in [0.15, 0.2) is 72.8 Å². The number of methoxy groups -OCH3 is 1. The van der Waals surface area contributed by atoms with Crippen LogP contribution < -0.4 is 4.74 Å². The van der Waals surface area contributed by atoms with Crippen LogP contribution in [0.4, 0.5) is 0 Å². The number of aryl methyl sites for hydroxylation is 1. The van der Waals surface area contributed by atoms with Crippen molar-refractivity contribution >= 4 is 17.1 Å². The number of hydrogen-bond acceptors (Lipinski definition) is 2. The molecule has 1 heterocycles. The Morgan fingerprint density at radius 1 is 0.889 bits per heavy atom. The van der Waals surface area contributed by atoms with Crippen LogP contribution in [0, 0.1) is 5.41 Å². The van der Waals surface area contributed by atoms with Gasteiger partial charge in [-0.2, -0.15) is 0 Å². The average molecular weight is 354 g/mol. The fraction of sp³-hybridized carbons (Fsp3) is 0.125. The molecule has 0 aliphatic heterocycles. The lowest BCUT2D eigenvalue weighted by molar-refractivity contribution is 0.415. The van der Waals surface area contributed by atoms with Gasteiger partial charge < -0.3 is 14.7 Å². The van der Waals surface area contributed by atoms with Gasteiger partial charge in [-0.1, -0.05) is 54.6 Å². The van der Waals surface area contributed by atoms with E-state index in [1.165, 1.54) is 17.3 Å². The molecule has 0 aliphatic rings. The van der Waals surface area contributed by atoms with Gasteiger partial charge in [-0.15, -0.1) is 0 Å². The smallest absolute Gasteiger partial charge is 0.120 e. The highest BCUT2D eigenvalue weighted by Gasteiger charge is 2.17. The van der Waals surface area contributed by atoms with E-state index in [9.17, 15) is 0 Å². The van der Waals surface area contributed by atoms with E-state index in [4.69, 9.17) is 10.1 Å². The van der Waals surface area contributed by atoms with E-state index in [1.54, 1.807) is 7.11 Å². The lowest BCUT2D eigenvalue weighted by Crippen LogP contribution is -1.98. The van der Waals surface area contributed by atoms with Crippen molar-refractivity contribution in [3.63, 3.8) is 0 Å². The van der Waals surface area contributed by atoms with E-state index in [2.05, 4.69) is 60.0 Å². The summed E-state index contributed by atoms with van der Waals surface area (Å²) in [5, 5.41) is 9.09. The van der Waals surface area contributed by atoms with Crippen LogP contribution in [0.3, 0.4) is 0 Å². The summed E-state index contributed by atoms with van der Waals surface area (Å²) in [6.07, 6.45) is 1.46. The van der Waals surface area contributed by atoms with Crippen LogP contribution in [0.2, 0.25) is 0 Å². The van der Waals surface area contributed by atoms with Crippen LogP contribution in [0.1, 0.15) is 12.5 Å². The first-order valence-corrected chi connectivity index (χ1v) is 9.13. The maximum atomic E-state index is 8.01. The maximum absolute atomic E-state index is 8.01. The molecule has 27 heavy (non-hydrogen) atoms. The molecule has 134 valence electrons. The Morgan fingerprint density at radius 3 is 2.19 bits per heavy atom. The molecular weight excluding hydrogens is 332 g/mol. The topological polar surface area (TPSA) is 38.0 Å². The highest BCUT2D eigenvalue weighted by atomic mass is 16.5. The number of fused-ring (bicyclic) bond motifs is 1. The van der Waals surface area contributed by atoms with Crippen molar-refractivity contribution in [1.82, 2.24) is 4.57 Å². The summed E-state index contributed by atoms with van der Waals surface area (Å²) in [6, 6.07) is 25.0. The Labute approximate surface area is 159 Å². The normalized spacial score (nSPS) is 10.9. The summed E-state index contributed by atoms with van der Waals surface area (Å²) in [4.78, 5) is 0. The third-order valence-electron chi connectivity index (χ3n) is 5.04. The van der Waals surface area contributed by atoms with Crippen LogP contribution in [-0.4, -0.2) is 17.9 Å². The lowest BCUT2D eigenvalue weighted by Gasteiger charge is -2.11. The quantitative estimate of drug-likeness (QED) is 0.438. The number of nitrogens with zero attached hydrogens (tertiary/aromatic N) is 1. The van der Waals surface area contributed by atoms with E-state index in [-0.39, 0.29) is 0 Å². The molecule has 3 heteroatoms. The summed E-state index contributed by atoms with van der Waals surface area (Å²) in [7, 11) is 1.68. The third kappa shape index (κ3) is 2.91. The van der Waals surface area contributed by atoms with E-state index in [0.717, 1.165) is 40.0 Å². The van der Waals surface area contributed by atoms with Gasteiger partial charge in [0.2, 0.25) is 0 Å². The standard InChI is InChI=1S/C24H22N2O/c1-3-26-23-15-20(27-2)13-14-21(23)22(16-25)24(26)19-11-9-18(10-12-19)17-7-5-4-6-8-17/h4-16,25H,3H2,1-2H3. The molecule has 3 nitrogen and oxygen atoms in total. The zero-order chi connectivity index (χ0) is 18.8. The van der Waals surface area contributed by atoms with Crippen molar-refractivity contribution in [2.24, 2.45) is 0 Å². The number of benzene rings is 3. The Hall–Kier alpha value is -3.33. The molecule has 0 saturated carbocycles. The van der Waals surface area contributed by atoms with Crippen molar-refractivity contribution < 1.29 is 4.74 Å². The second-order valence-corrected chi connectivity index (χ2v) is 6.48. The summed E-state index contributed by atoms with van der Waals surface area (Å²) in [5.74, 6) is 0.831. The fourth-order valence-electron chi connectivity index (χ4n) is 3.72. The Balaban J connectivity index is 1.89. The molecule has 0 unspecified atom stereocenters. The Bertz CT molecular complexity index is 1090. The summed E-state index contributed by atoms with van der Waals surface area (Å²) in [5.41, 5.74) is 6.63. The second-order valence-electron chi connectivity index (χ2n) is 6.48. The molecule has 3 aromatic carbocycles. The van der Waals surface area contributed by atoms with Crippen LogP contribution in [0.5, 0.6) is 5.75 Å². The molecule has 0 atom stereocenters. The predicted octanol–water partition coefficient (Wildman–Crippen LogP) is 6.00. The molecular formula is C24H22N2O. The number of aromatic nitrogens is 1. The summed E-state index contributed by atoms with van der Waals surface area (Å²) in [6.45, 7) is 2.96. The minimum Gasteiger partial charge on any atom is -0.497 e. The number of rotatable bonds is 5. The zero-order valence-electron chi connectivity index (χ0n) is 15.6. The lowest BCUT2D eigenvalue weighted by atomic mass is 10.0. The largest absolute Gasteiger partial charge is 0.497 e. The van der Waals surface area contributed by atoms with Gasteiger partial charge in [0.15, 0.2) is 0 Å². The molecule has 0 saturated heterocycles. The Morgan fingerprint density at radius 2 is 1.56 bits per heavy atom. The summed E-state index contributed by atoms with van der Waals surface area (Å²) >= 11 is 0. The van der Waals surface area contributed by atoms with Gasteiger partial charge in [-0.25, -0.2) is 0 Å². The molecule has 0 amide bonds. The molecule has 0 spiro atoms. The molecule has 0 bridgehead atoms. The fourth-order valence-corrected chi connectivity index (χ4v) is 3.72. The van der Waals surface area contributed by atoms with Gasteiger partial charge in [0.1, 0.15) is 5.75 Å². The molecule has 4 aromatic rings. The second kappa shape index (κ2) is 7.12. The van der Waals surface area contributed by atoms with E-state index >= 15 is 0 Å². The Kier molecular flexibility index (Phi) is 4.51. The van der Waals surface area contributed by atoms with Gasteiger partial charge in [0.05, 0.1) is 18.3 Å². The van der Waals surface area contributed by atoms with Gasteiger partial charge in [0, 0.05) is 29.8 Å². The zero-order valence-corrected chi connectivity index (χ0v) is 15.6. The van der Waals surface area contributed by atoms with Crippen LogP contribution in [0.25, 0.3) is 33.3 Å². The highest BCUT2D eigenvalue weighted by Crippen LogP contribution is 2.35. The molecule has 4 rings (SSSR count). The molecule has 1 aromatic heterocycles. The number of ether oxygens (including phenoxy) is 1. The predicted molar refractivity (Wildman–Crippen MR) is 113 cm³/mol. The van der Waals surface area contributed by atoms with E-state index in [1.807, 2.05) is 24.3 Å². The minimum atomic E-state index is 0.827. The van der Waals surface area contributed by atoms with Gasteiger partial charge in [-0.3, -0.25) is 0 Å². The molecule has 1 N–H and O–H groups in total. The highest BCUT2D eigenvalue weighted by molar-refractivity contribution is 6.06. The summed E-state index contributed by atoms with van der Waals surface area (Å²) < 4.78 is 7.66. The first-order valence-electron chi connectivity index (χ1n) is 9.13. The maximum Gasteiger partial charge on any atom is 0.120 e. The van der Waals surface area contributed by atoms with Crippen LogP contribution >= 0.6 is 0 Å². The third-order valence-corrected chi connectivity index (χ3v) is 5.04. The monoisotopic (exact) mass is 354 g/mol. The van der Waals surface area contributed by atoms with Gasteiger partial charge in [-0.05, 0) is 35.7 Å². The van der Waals surface area contributed by atoms with Gasteiger partial charge >= 0.3 is 0 Å². The molecule has 0 fully saturated rings. The first kappa shape index (κ1) is 17.1. The van der Waals surface area contributed by atoms with E-state index < -0.39 is 0 Å². The van der Waals surface area contributed by atoms with Crippen molar-refractivity contribution in [1.29, 1.82) is 5.41 Å². The molecule has 0 radical (unpaired) electrons. The SMILES string of the molecule is CCn1c(-c2ccc(-c3ccccc3)cc2)c(C=N)c2ccc(OC)cc21.